The standard InChI is InChI=1S/C28H55N4S4/c1-25(2)17-29-21-13-9-10-14-22(21)31-19-27(5,6)35-36-28(7,8)20-32-24-16-12-11-15-23(24)30-18-26(3,4)34-33-25/h21-24,29-32H,1,9-20H2,2-8H3/q-1/p+1/t21-,22-,23-,24-,25+/m1/s1. The highest BCUT2D eigenvalue weighted by Crippen LogP contribution is 2.44. The predicted molar refractivity (Wildman–Crippen MR) is 172 cm³/mol. The quantitative estimate of drug-likeness (QED) is 0.186. The third-order valence-electron chi connectivity index (χ3n) is 7.60. The Balaban J connectivity index is 0.00000481. The Morgan fingerprint density at radius 1 is 0.500 bits per heavy atom. The van der Waals surface area contributed by atoms with Crippen molar-refractivity contribution in [3.63, 3.8) is 0 Å². The maximum atomic E-state index is 4.61. The lowest BCUT2D eigenvalue weighted by Gasteiger charge is -2.41. The van der Waals surface area contributed by atoms with Gasteiger partial charge in [-0.25, -0.2) is 0 Å². The molecule has 3 aliphatic rings. The van der Waals surface area contributed by atoms with E-state index in [-0.39, 0.29) is 20.4 Å². The predicted octanol–water partition coefficient (Wildman–Crippen LogP) is 6.78. The van der Waals surface area contributed by atoms with Crippen LogP contribution in [0.15, 0.2) is 0 Å². The summed E-state index contributed by atoms with van der Waals surface area (Å²) in [5, 5.41) is 15.9. The smallest absolute Gasteiger partial charge is 0.326 e. The van der Waals surface area contributed by atoms with E-state index in [4.69, 9.17) is 0 Å². The summed E-state index contributed by atoms with van der Waals surface area (Å²) in [4.78, 5) is 0. The first kappa shape index (κ1) is 31.8. The maximum Gasteiger partial charge on any atom is 1.00 e. The average molecular weight is 577 g/mol. The van der Waals surface area contributed by atoms with Crippen molar-refractivity contribution in [1.29, 1.82) is 0 Å². The van der Waals surface area contributed by atoms with Gasteiger partial charge in [0, 0.05) is 58.0 Å². The van der Waals surface area contributed by atoms with E-state index in [0.717, 1.165) is 26.2 Å². The first-order valence-electron chi connectivity index (χ1n) is 14.3. The minimum absolute atomic E-state index is 0. The van der Waals surface area contributed by atoms with Gasteiger partial charge in [0.15, 0.2) is 0 Å². The molecule has 0 spiro atoms. The molecule has 8 heteroatoms. The monoisotopic (exact) mass is 576 g/mol. The van der Waals surface area contributed by atoms with Gasteiger partial charge in [0.05, 0.1) is 0 Å². The third-order valence-corrected chi connectivity index (χ3v) is 15.9. The topological polar surface area (TPSA) is 48.1 Å². The first-order valence-corrected chi connectivity index (χ1v) is 18.6. The second kappa shape index (κ2) is 13.7. The zero-order chi connectivity index (χ0) is 26.5. The van der Waals surface area contributed by atoms with E-state index in [1.807, 2.05) is 21.6 Å². The normalized spacial score (nSPS) is 39.3. The van der Waals surface area contributed by atoms with Gasteiger partial charge in [-0.3, -0.25) is 0 Å². The van der Waals surface area contributed by atoms with Crippen LogP contribution < -0.4 is 21.3 Å². The van der Waals surface area contributed by atoms with Crippen LogP contribution in [0, 0.1) is 6.92 Å². The number of nitrogens with one attached hydrogen (secondary N) is 4. The first-order chi connectivity index (χ1) is 16.8. The van der Waals surface area contributed by atoms with Crippen LogP contribution in [0.5, 0.6) is 0 Å². The van der Waals surface area contributed by atoms with Gasteiger partial charge in [-0.05, 0) is 73.8 Å². The molecule has 3 fully saturated rings. The van der Waals surface area contributed by atoms with Crippen molar-refractivity contribution < 1.29 is 1.43 Å². The Hall–Kier alpha value is 1.24. The molecule has 36 heavy (non-hydrogen) atoms. The fourth-order valence-corrected chi connectivity index (χ4v) is 10.1. The van der Waals surface area contributed by atoms with E-state index < -0.39 is 0 Å². The highest BCUT2D eigenvalue weighted by atomic mass is 33.1. The van der Waals surface area contributed by atoms with Crippen molar-refractivity contribution >= 4 is 43.2 Å². The van der Waals surface area contributed by atoms with Crippen LogP contribution in [-0.2, 0) is 0 Å². The van der Waals surface area contributed by atoms with Gasteiger partial charge in [-0.15, -0.1) is 10.8 Å². The summed E-state index contributed by atoms with van der Waals surface area (Å²) in [6, 6.07) is 2.24. The fraction of sp³-hybridized carbons (Fsp3) is 0.964. The average Bonchev–Trinajstić information content (AvgIpc) is 2.82. The van der Waals surface area contributed by atoms with Crippen molar-refractivity contribution in [2.45, 2.75) is 143 Å². The minimum Gasteiger partial charge on any atom is -0.326 e. The Morgan fingerprint density at radius 3 is 1.11 bits per heavy atom. The minimum atomic E-state index is -0.0446. The lowest BCUT2D eigenvalue weighted by atomic mass is 9.89. The van der Waals surface area contributed by atoms with Crippen molar-refractivity contribution in [2.75, 3.05) is 26.2 Å². The summed E-state index contributed by atoms with van der Waals surface area (Å²) in [5.74, 6) is 0. The van der Waals surface area contributed by atoms with Crippen molar-refractivity contribution in [3.05, 3.63) is 6.92 Å². The molecule has 1 aliphatic heterocycles. The Labute approximate surface area is 241 Å². The van der Waals surface area contributed by atoms with E-state index in [9.17, 15) is 0 Å². The second-order valence-corrected chi connectivity index (χ2v) is 20.5. The highest BCUT2D eigenvalue weighted by molar-refractivity contribution is 8.78. The van der Waals surface area contributed by atoms with Crippen LogP contribution in [0.1, 0.15) is 101 Å². The van der Waals surface area contributed by atoms with Crippen LogP contribution in [0.2, 0.25) is 0 Å². The molecule has 3 rings (SSSR count). The second-order valence-electron chi connectivity index (χ2n) is 13.6. The Kier molecular flexibility index (Phi) is 12.1. The molecule has 1 saturated heterocycles. The van der Waals surface area contributed by atoms with Gasteiger partial charge in [0.1, 0.15) is 0 Å². The lowest BCUT2D eigenvalue weighted by Crippen LogP contribution is -2.55. The zero-order valence-electron chi connectivity index (χ0n) is 25.1. The Bertz CT molecular complexity index is 565. The number of rotatable bonds is 0. The molecule has 4 N–H and O–H groups in total. The Morgan fingerprint density at radius 2 is 0.778 bits per heavy atom. The lowest BCUT2D eigenvalue weighted by molar-refractivity contribution is 0.276. The summed E-state index contributed by atoms with van der Waals surface area (Å²) in [6.07, 6.45) is 10.5. The van der Waals surface area contributed by atoms with Crippen LogP contribution in [-0.4, -0.2) is 69.3 Å². The summed E-state index contributed by atoms with van der Waals surface area (Å²) in [7, 11) is 8.11. The molecule has 0 aromatic heterocycles. The highest BCUT2D eigenvalue weighted by Gasteiger charge is 2.33. The number of hydrogen-bond donors (Lipinski definition) is 4. The SMILES string of the molecule is [CH2-][C@]1(C)CN[C@@H]2CCCC[C@H]2NCC(C)(C)SSC(C)(C)CN[C@@H]2CCCC[C@H]2NCC(C)(C)SS1.[H+]. The molecule has 0 bridgehead atoms. The van der Waals surface area contributed by atoms with E-state index in [1.54, 1.807) is 0 Å². The largest absolute Gasteiger partial charge is 1.00 e. The van der Waals surface area contributed by atoms with Crippen LogP contribution >= 0.6 is 43.2 Å². The number of fused-ring (bicyclic) bond motifs is 2. The summed E-state index contributed by atoms with van der Waals surface area (Å²) >= 11 is 0. The van der Waals surface area contributed by atoms with E-state index in [2.05, 4.69) is 98.2 Å². The molecule has 2 aliphatic carbocycles. The van der Waals surface area contributed by atoms with Gasteiger partial charge in [0.25, 0.3) is 0 Å². The molecular weight excluding hydrogens is 521 g/mol. The molecule has 0 aromatic rings. The zero-order valence-corrected chi connectivity index (χ0v) is 27.4. The van der Waals surface area contributed by atoms with Gasteiger partial charge in [-0.2, -0.15) is 0 Å². The molecule has 0 amide bonds. The van der Waals surface area contributed by atoms with Crippen LogP contribution in [0.25, 0.3) is 0 Å². The molecule has 4 nitrogen and oxygen atoms in total. The summed E-state index contributed by atoms with van der Waals surface area (Å²) in [5.41, 5.74) is 0. The molecule has 0 unspecified atom stereocenters. The van der Waals surface area contributed by atoms with Gasteiger partial charge >= 0.3 is 1.43 Å². The van der Waals surface area contributed by atoms with Crippen LogP contribution in [0.4, 0.5) is 0 Å². The van der Waals surface area contributed by atoms with Crippen LogP contribution in [0.3, 0.4) is 0 Å². The third kappa shape index (κ3) is 11.0. The van der Waals surface area contributed by atoms with E-state index in [1.165, 1.54) is 51.4 Å². The molecular formula is C28H56N4S4. The van der Waals surface area contributed by atoms with E-state index in [0.29, 0.717) is 24.2 Å². The molecule has 0 radical (unpaired) electrons. The van der Waals surface area contributed by atoms with Crippen molar-refractivity contribution in [3.8, 4) is 0 Å². The summed E-state index contributed by atoms with van der Waals surface area (Å²) in [6.45, 7) is 25.4. The molecule has 0 aromatic carbocycles. The van der Waals surface area contributed by atoms with Crippen molar-refractivity contribution in [2.24, 2.45) is 0 Å². The molecule has 2 saturated carbocycles. The molecule has 212 valence electrons. The fourth-order valence-electron chi connectivity index (χ4n) is 5.27. The van der Waals surface area contributed by atoms with Gasteiger partial charge in [-0.1, -0.05) is 69.7 Å². The van der Waals surface area contributed by atoms with Gasteiger partial charge in [0.2, 0.25) is 0 Å². The molecule has 1 heterocycles. The number of hydrogen-bond acceptors (Lipinski definition) is 8. The maximum absolute atomic E-state index is 4.61. The molecule has 5 atom stereocenters. The summed E-state index contributed by atoms with van der Waals surface area (Å²) < 4.78 is 0.512. The van der Waals surface area contributed by atoms with E-state index >= 15 is 0 Å². The van der Waals surface area contributed by atoms with Gasteiger partial charge < -0.3 is 28.2 Å². The van der Waals surface area contributed by atoms with Crippen molar-refractivity contribution in [1.82, 2.24) is 21.3 Å².